The van der Waals surface area contributed by atoms with Crippen LogP contribution in [0.1, 0.15) is 52.7 Å². The molecule has 0 bridgehead atoms. The van der Waals surface area contributed by atoms with Crippen LogP contribution in [-0.4, -0.2) is 0 Å². The largest absolute Gasteiger partial charge is 0.456 e. The molecule has 0 aliphatic heterocycles. The summed E-state index contributed by atoms with van der Waals surface area (Å²) >= 11 is 0. The second kappa shape index (κ2) is 17.7. The second-order valence-electron chi connectivity index (χ2n) is 21.3. The summed E-state index contributed by atoms with van der Waals surface area (Å²) < 4.78 is 6.39. The molecule has 11 aromatic carbocycles. The zero-order valence-corrected chi connectivity index (χ0v) is 41.9. The molecule has 0 amide bonds. The molecule has 12 rings (SSSR count). The number of nitrogens with zero attached hydrogens (tertiary/aromatic N) is 1. The van der Waals surface area contributed by atoms with Crippen molar-refractivity contribution >= 4 is 60.5 Å². The van der Waals surface area contributed by atoms with Crippen LogP contribution in [0.15, 0.2) is 241 Å². The Hall–Kier alpha value is -8.46. The summed E-state index contributed by atoms with van der Waals surface area (Å²) in [7, 11) is 0. The van der Waals surface area contributed by atoms with Gasteiger partial charge in [0.2, 0.25) is 0 Å². The Labute approximate surface area is 423 Å². The molecule has 0 aliphatic rings. The molecule has 0 N–H and O–H groups in total. The average molecular weight is 928 g/mol. The summed E-state index contributed by atoms with van der Waals surface area (Å²) in [4.78, 5) is 2.54. The predicted molar refractivity (Wildman–Crippen MR) is 308 cm³/mol. The van der Waals surface area contributed by atoms with E-state index in [-0.39, 0.29) is 10.8 Å². The van der Waals surface area contributed by atoms with Gasteiger partial charge in [-0.15, -0.1) is 0 Å². The average Bonchev–Trinajstić information content (AvgIpc) is 3.78. The van der Waals surface area contributed by atoms with Crippen molar-refractivity contribution in [2.75, 3.05) is 4.90 Å². The first-order valence-corrected chi connectivity index (χ1v) is 25.2. The fourth-order valence-electron chi connectivity index (χ4n) is 10.8. The number of para-hydroxylation sites is 3. The van der Waals surface area contributed by atoms with Gasteiger partial charge in [0.1, 0.15) is 11.2 Å². The SMILES string of the molecule is CC(C)(C)c1cc(-c2cccc3cccc(-c4ccccc4N(c4ccccc4-c4ccc5oc6ccccc6c5c4)c4cc(-c5cccc6ccccc56)ccc4-c4ccccc4)c23)cc(C(C)(C)C)c1. The molecule has 0 saturated carbocycles. The van der Waals surface area contributed by atoms with Crippen LogP contribution < -0.4 is 4.90 Å². The van der Waals surface area contributed by atoms with Gasteiger partial charge in [0.25, 0.3) is 0 Å². The van der Waals surface area contributed by atoms with Gasteiger partial charge in [-0.2, -0.15) is 0 Å². The summed E-state index contributed by atoms with van der Waals surface area (Å²) in [6.07, 6.45) is 0. The van der Waals surface area contributed by atoms with Crippen LogP contribution in [0, 0.1) is 0 Å². The number of furan rings is 1. The maximum atomic E-state index is 6.39. The van der Waals surface area contributed by atoms with Crippen LogP contribution in [-0.2, 0) is 10.8 Å². The molecule has 0 saturated heterocycles. The van der Waals surface area contributed by atoms with E-state index in [0.29, 0.717) is 0 Å². The minimum Gasteiger partial charge on any atom is -0.456 e. The smallest absolute Gasteiger partial charge is 0.135 e. The standard InChI is InChI=1S/C70H57NO/c1-69(2,3)52-41-51(42-53(45-52)70(4,5)6)58-32-19-25-48-26-20-33-61(68(48)58)59-29-13-16-35-64(59)71(63-34-15-12-28-56(63)49-38-40-67-62(43-49)60-30-14-17-36-66(60)72-67)65-44-50(37-39-57(65)47-21-8-7-9-22-47)55-31-18-24-46-23-10-11-27-54(46)55/h7-45H,1-6H3. The third-order valence-electron chi connectivity index (χ3n) is 14.6. The monoisotopic (exact) mass is 927 g/mol. The van der Waals surface area contributed by atoms with E-state index in [1.807, 2.05) is 6.07 Å². The van der Waals surface area contributed by atoms with Crippen molar-refractivity contribution in [1.29, 1.82) is 0 Å². The molecule has 12 aromatic rings. The number of rotatable bonds is 8. The number of anilines is 3. The highest BCUT2D eigenvalue weighted by atomic mass is 16.3. The van der Waals surface area contributed by atoms with Crippen LogP contribution in [0.4, 0.5) is 17.1 Å². The highest BCUT2D eigenvalue weighted by Gasteiger charge is 2.27. The molecule has 348 valence electrons. The topological polar surface area (TPSA) is 16.4 Å². The zero-order chi connectivity index (χ0) is 49.1. The summed E-state index contributed by atoms with van der Waals surface area (Å²) in [6, 6.07) is 87.2. The van der Waals surface area contributed by atoms with Crippen LogP contribution >= 0.6 is 0 Å². The van der Waals surface area contributed by atoms with Crippen LogP contribution in [0.2, 0.25) is 0 Å². The lowest BCUT2D eigenvalue weighted by Gasteiger charge is -2.32. The van der Waals surface area contributed by atoms with Gasteiger partial charge in [0.05, 0.1) is 17.1 Å². The first-order chi connectivity index (χ1) is 35.0. The third-order valence-corrected chi connectivity index (χ3v) is 14.6. The van der Waals surface area contributed by atoms with Crippen molar-refractivity contribution < 1.29 is 4.42 Å². The van der Waals surface area contributed by atoms with Crippen LogP contribution in [0.3, 0.4) is 0 Å². The van der Waals surface area contributed by atoms with Gasteiger partial charge in [-0.1, -0.05) is 242 Å². The Kier molecular flexibility index (Phi) is 11.0. The van der Waals surface area contributed by atoms with Crippen LogP contribution in [0.25, 0.3) is 99.1 Å². The van der Waals surface area contributed by atoms with E-state index in [9.17, 15) is 0 Å². The van der Waals surface area contributed by atoms with Crippen molar-refractivity contribution in [3.8, 4) is 55.6 Å². The lowest BCUT2D eigenvalue weighted by atomic mass is 9.78. The fourth-order valence-corrected chi connectivity index (χ4v) is 10.8. The van der Waals surface area contributed by atoms with Gasteiger partial charge in [0, 0.05) is 27.5 Å². The van der Waals surface area contributed by atoms with Gasteiger partial charge in [-0.3, -0.25) is 0 Å². The molecule has 0 fully saturated rings. The van der Waals surface area contributed by atoms with E-state index < -0.39 is 0 Å². The van der Waals surface area contributed by atoms with Gasteiger partial charge in [-0.05, 0) is 119 Å². The number of benzene rings is 11. The van der Waals surface area contributed by atoms with E-state index in [0.717, 1.165) is 72.4 Å². The summed E-state index contributed by atoms with van der Waals surface area (Å²) in [5.74, 6) is 0. The highest BCUT2D eigenvalue weighted by Crippen LogP contribution is 2.51. The van der Waals surface area contributed by atoms with Crippen molar-refractivity contribution in [1.82, 2.24) is 0 Å². The van der Waals surface area contributed by atoms with E-state index in [4.69, 9.17) is 4.42 Å². The summed E-state index contributed by atoms with van der Waals surface area (Å²) in [5.41, 5.74) is 19.2. The fraction of sp³-hybridized carbons (Fsp3) is 0.114. The molecule has 0 spiro atoms. The van der Waals surface area contributed by atoms with E-state index in [2.05, 4.69) is 277 Å². The van der Waals surface area contributed by atoms with Gasteiger partial charge in [-0.25, -0.2) is 0 Å². The quantitative estimate of drug-likeness (QED) is 0.151. The first-order valence-electron chi connectivity index (χ1n) is 25.2. The van der Waals surface area contributed by atoms with E-state index in [1.54, 1.807) is 0 Å². The molecular weight excluding hydrogens is 871 g/mol. The minimum atomic E-state index is -0.0316. The molecule has 1 heterocycles. The lowest BCUT2D eigenvalue weighted by molar-refractivity contribution is 0.569. The van der Waals surface area contributed by atoms with E-state index >= 15 is 0 Å². The summed E-state index contributed by atoms with van der Waals surface area (Å²) in [5, 5.41) is 7.08. The molecule has 0 radical (unpaired) electrons. The highest BCUT2D eigenvalue weighted by molar-refractivity contribution is 6.11. The molecular formula is C70H57NO. The zero-order valence-electron chi connectivity index (χ0n) is 41.9. The van der Waals surface area contributed by atoms with Crippen LogP contribution in [0.5, 0.6) is 0 Å². The van der Waals surface area contributed by atoms with Gasteiger partial charge < -0.3 is 9.32 Å². The van der Waals surface area contributed by atoms with Crippen molar-refractivity contribution in [3.63, 3.8) is 0 Å². The van der Waals surface area contributed by atoms with Gasteiger partial charge >= 0.3 is 0 Å². The van der Waals surface area contributed by atoms with Crippen molar-refractivity contribution in [3.05, 3.63) is 248 Å². The molecule has 0 atom stereocenters. The molecule has 72 heavy (non-hydrogen) atoms. The normalized spacial score (nSPS) is 12.0. The molecule has 2 nitrogen and oxygen atoms in total. The maximum absolute atomic E-state index is 6.39. The third kappa shape index (κ3) is 8.04. The summed E-state index contributed by atoms with van der Waals surface area (Å²) in [6.45, 7) is 13.9. The molecule has 2 heteroatoms. The maximum Gasteiger partial charge on any atom is 0.135 e. The van der Waals surface area contributed by atoms with E-state index in [1.165, 1.54) is 54.9 Å². The van der Waals surface area contributed by atoms with Gasteiger partial charge in [0.15, 0.2) is 0 Å². The Balaban J connectivity index is 1.17. The first kappa shape index (κ1) is 44.7. The minimum absolute atomic E-state index is 0.0316. The Morgan fingerprint density at radius 3 is 1.54 bits per heavy atom. The Morgan fingerprint density at radius 1 is 0.292 bits per heavy atom. The van der Waals surface area contributed by atoms with Crippen molar-refractivity contribution in [2.24, 2.45) is 0 Å². The van der Waals surface area contributed by atoms with Crippen molar-refractivity contribution in [2.45, 2.75) is 52.4 Å². The molecule has 1 aromatic heterocycles. The number of fused-ring (bicyclic) bond motifs is 5. The molecule has 0 aliphatic carbocycles. The Morgan fingerprint density at radius 2 is 0.806 bits per heavy atom. The predicted octanol–water partition coefficient (Wildman–Crippen LogP) is 20.3. The number of hydrogen-bond donors (Lipinski definition) is 0. The number of hydrogen-bond acceptors (Lipinski definition) is 2. The Bertz CT molecular complexity index is 3970. The molecule has 0 unspecified atom stereocenters. The lowest BCUT2D eigenvalue weighted by Crippen LogP contribution is -2.16. The second-order valence-corrected chi connectivity index (χ2v) is 21.3.